The van der Waals surface area contributed by atoms with Crippen molar-refractivity contribution in [1.29, 1.82) is 0 Å². The summed E-state index contributed by atoms with van der Waals surface area (Å²) < 4.78 is 5.40. The zero-order chi connectivity index (χ0) is 19.8. The average molecular weight is 381 g/mol. The van der Waals surface area contributed by atoms with E-state index >= 15 is 0 Å². The number of carbonyl (C=O) groups is 2. The van der Waals surface area contributed by atoms with E-state index < -0.39 is 19.0 Å². The van der Waals surface area contributed by atoms with E-state index in [1.165, 1.54) is 6.07 Å². The summed E-state index contributed by atoms with van der Waals surface area (Å²) in [7, 11) is 0.704. The molecule has 28 heavy (non-hydrogen) atoms. The first-order valence-electron chi connectivity index (χ1n) is 9.05. The lowest BCUT2D eigenvalue weighted by molar-refractivity contribution is -0.120. The minimum Gasteiger partial charge on any atom is -0.534 e. The molecular formula is C19H20BN3O5. The zero-order valence-corrected chi connectivity index (χ0v) is 15.4. The molecular weight excluding hydrogens is 361 g/mol. The minimum atomic E-state index is -1.32. The number of rotatable bonds is 4. The van der Waals surface area contributed by atoms with Gasteiger partial charge in [0.15, 0.2) is 0 Å². The second-order valence-electron chi connectivity index (χ2n) is 7.28. The van der Waals surface area contributed by atoms with Gasteiger partial charge < -0.3 is 20.1 Å². The van der Waals surface area contributed by atoms with Crippen molar-refractivity contribution in [3.8, 4) is 5.75 Å². The Morgan fingerprint density at radius 2 is 2.18 bits per heavy atom. The van der Waals surface area contributed by atoms with Gasteiger partial charge in [-0.05, 0) is 36.2 Å². The number of carbonyl (C=O) groups excluding carboxylic acids is 1. The van der Waals surface area contributed by atoms with Gasteiger partial charge in [0.05, 0.1) is 23.6 Å². The van der Waals surface area contributed by atoms with E-state index in [1.807, 2.05) is 13.1 Å². The third kappa shape index (κ3) is 3.58. The average Bonchev–Trinajstić information content (AvgIpc) is 3.01. The van der Waals surface area contributed by atoms with E-state index in [0.717, 1.165) is 29.9 Å². The Morgan fingerprint density at radius 1 is 1.36 bits per heavy atom. The number of hydrogen-bond donors (Lipinski definition) is 3. The highest BCUT2D eigenvalue weighted by molar-refractivity contribution is 6.47. The summed E-state index contributed by atoms with van der Waals surface area (Å²) >= 11 is 0. The van der Waals surface area contributed by atoms with Crippen LogP contribution in [-0.2, 0) is 30.7 Å². The fourth-order valence-electron chi connectivity index (χ4n) is 3.73. The number of pyridine rings is 1. The highest BCUT2D eigenvalue weighted by Gasteiger charge is 2.37. The molecule has 0 radical (unpaired) electrons. The van der Waals surface area contributed by atoms with Crippen molar-refractivity contribution < 1.29 is 24.4 Å². The van der Waals surface area contributed by atoms with Crippen molar-refractivity contribution in [3.63, 3.8) is 0 Å². The topological polar surface area (TPSA) is 112 Å². The van der Waals surface area contributed by atoms with Gasteiger partial charge in [-0.3, -0.25) is 14.7 Å². The van der Waals surface area contributed by atoms with Crippen molar-refractivity contribution in [2.75, 3.05) is 7.05 Å². The van der Waals surface area contributed by atoms with Crippen LogP contribution in [0.15, 0.2) is 30.5 Å². The zero-order valence-electron chi connectivity index (χ0n) is 15.4. The molecule has 0 spiro atoms. The van der Waals surface area contributed by atoms with Crippen LogP contribution in [0.2, 0.25) is 0 Å². The molecule has 1 aromatic heterocycles. The van der Waals surface area contributed by atoms with Gasteiger partial charge >= 0.3 is 13.1 Å². The van der Waals surface area contributed by atoms with Crippen LogP contribution < -0.4 is 9.97 Å². The van der Waals surface area contributed by atoms with Gasteiger partial charge in [0.1, 0.15) is 5.75 Å². The predicted molar refractivity (Wildman–Crippen MR) is 101 cm³/mol. The van der Waals surface area contributed by atoms with Gasteiger partial charge in [-0.25, -0.2) is 4.79 Å². The Morgan fingerprint density at radius 3 is 2.96 bits per heavy atom. The third-order valence-corrected chi connectivity index (χ3v) is 5.04. The van der Waals surface area contributed by atoms with E-state index in [0.29, 0.717) is 5.56 Å². The molecule has 0 saturated heterocycles. The lowest BCUT2D eigenvalue weighted by Gasteiger charge is -2.28. The van der Waals surface area contributed by atoms with Crippen molar-refractivity contribution in [3.05, 3.63) is 58.4 Å². The molecule has 1 amide bonds. The van der Waals surface area contributed by atoms with E-state index in [-0.39, 0.29) is 30.1 Å². The highest BCUT2D eigenvalue weighted by atomic mass is 16.5. The molecule has 9 heteroatoms. The summed E-state index contributed by atoms with van der Waals surface area (Å²) in [5, 5.41) is 22.3. The summed E-state index contributed by atoms with van der Waals surface area (Å²) in [4.78, 5) is 30.4. The lowest BCUT2D eigenvalue weighted by atomic mass is 9.72. The molecule has 1 atom stereocenters. The van der Waals surface area contributed by atoms with Crippen LogP contribution in [0.5, 0.6) is 5.75 Å². The molecule has 8 nitrogen and oxygen atoms in total. The van der Waals surface area contributed by atoms with Gasteiger partial charge in [-0.2, -0.15) is 0 Å². The number of nitrogens with zero attached hydrogens (tertiary/aromatic N) is 2. The maximum Gasteiger partial charge on any atom is 0.547 e. The normalized spacial score (nSPS) is 18.2. The molecule has 1 aromatic carbocycles. The first kappa shape index (κ1) is 18.5. The number of amides is 1. The number of benzene rings is 1. The maximum absolute atomic E-state index is 12.5. The van der Waals surface area contributed by atoms with Gasteiger partial charge in [-0.1, -0.05) is 18.2 Å². The van der Waals surface area contributed by atoms with Crippen LogP contribution in [0.1, 0.15) is 32.7 Å². The van der Waals surface area contributed by atoms with Crippen LogP contribution >= 0.6 is 0 Å². The van der Waals surface area contributed by atoms with E-state index in [9.17, 15) is 19.7 Å². The molecule has 0 fully saturated rings. The van der Waals surface area contributed by atoms with Crippen molar-refractivity contribution in [1.82, 2.24) is 15.2 Å². The molecule has 2 aliphatic heterocycles. The molecule has 0 unspecified atom stereocenters. The molecule has 2 aliphatic rings. The number of aromatic nitrogens is 1. The molecule has 0 aliphatic carbocycles. The van der Waals surface area contributed by atoms with Crippen LogP contribution in [0.25, 0.3) is 0 Å². The van der Waals surface area contributed by atoms with Crippen LogP contribution in [-0.4, -0.2) is 52.0 Å². The van der Waals surface area contributed by atoms with E-state index in [4.69, 9.17) is 4.65 Å². The third-order valence-electron chi connectivity index (χ3n) is 5.04. The number of fused-ring (bicyclic) bond motifs is 2. The fourth-order valence-corrected chi connectivity index (χ4v) is 3.73. The Balaban J connectivity index is 1.43. The standard InChI is InChI=1S/C19H20BN3O5/c1-23-9-13-5-11(8-21-15(13)10-23)6-17(24)22-16-7-12-3-2-4-14(19(25)26)18(12)28-20(16)27/h2-5,8,16,27H,6-7,9-10H2,1H3,(H,22,24)(H,25,26)/t16-/m0/s1. The molecule has 2 aromatic rings. The maximum atomic E-state index is 12.5. The SMILES string of the molecule is CN1Cc2cc(CC(=O)N[C@H]3Cc4cccc(C(=O)O)c4OB3O)cnc2C1. The van der Waals surface area contributed by atoms with E-state index in [2.05, 4.69) is 15.2 Å². The number of para-hydroxylation sites is 1. The molecule has 0 bridgehead atoms. The van der Waals surface area contributed by atoms with Gasteiger partial charge in [0.2, 0.25) is 5.91 Å². The van der Waals surface area contributed by atoms with Crippen LogP contribution in [0.4, 0.5) is 0 Å². The minimum absolute atomic E-state index is 0.00416. The second-order valence-corrected chi connectivity index (χ2v) is 7.28. The van der Waals surface area contributed by atoms with E-state index in [1.54, 1.807) is 18.3 Å². The second kappa shape index (κ2) is 7.25. The summed E-state index contributed by atoms with van der Waals surface area (Å²) in [5.74, 6) is -1.88. The molecule has 0 saturated carbocycles. The van der Waals surface area contributed by atoms with Gasteiger partial charge in [0.25, 0.3) is 0 Å². The first-order valence-corrected chi connectivity index (χ1v) is 9.05. The number of hydrogen-bond acceptors (Lipinski definition) is 6. The number of nitrogens with one attached hydrogen (secondary N) is 1. The Kier molecular flexibility index (Phi) is 4.78. The molecule has 3 heterocycles. The summed E-state index contributed by atoms with van der Waals surface area (Å²) in [6.07, 6.45) is 2.14. The molecule has 3 N–H and O–H groups in total. The number of aromatic carboxylic acids is 1. The monoisotopic (exact) mass is 381 g/mol. The van der Waals surface area contributed by atoms with Crippen molar-refractivity contribution >= 4 is 19.0 Å². The summed E-state index contributed by atoms with van der Waals surface area (Å²) in [5.41, 5.74) is 3.61. The largest absolute Gasteiger partial charge is 0.547 e. The van der Waals surface area contributed by atoms with Crippen LogP contribution in [0, 0.1) is 0 Å². The Bertz CT molecular complexity index is 951. The summed E-state index contributed by atoms with van der Waals surface area (Å²) in [6, 6.07) is 6.77. The predicted octanol–water partition coefficient (Wildman–Crippen LogP) is 0.407. The van der Waals surface area contributed by atoms with Gasteiger partial charge in [0, 0.05) is 19.3 Å². The van der Waals surface area contributed by atoms with Gasteiger partial charge in [-0.15, -0.1) is 0 Å². The smallest absolute Gasteiger partial charge is 0.534 e. The fraction of sp³-hybridized carbons (Fsp3) is 0.316. The van der Waals surface area contributed by atoms with Crippen LogP contribution in [0.3, 0.4) is 0 Å². The van der Waals surface area contributed by atoms with Crippen molar-refractivity contribution in [2.45, 2.75) is 31.9 Å². The molecule has 4 rings (SSSR count). The molecule has 144 valence electrons. The highest BCUT2D eigenvalue weighted by Crippen LogP contribution is 2.30. The summed E-state index contributed by atoms with van der Waals surface area (Å²) in [6.45, 7) is 1.63. The quantitative estimate of drug-likeness (QED) is 0.658. The number of carboxylic acid groups (broad SMARTS) is 1. The van der Waals surface area contributed by atoms with Crippen molar-refractivity contribution in [2.24, 2.45) is 0 Å². The Hall–Kier alpha value is -2.91. The first-order chi connectivity index (χ1) is 13.4. The number of carboxylic acids is 1. The Labute approximate surface area is 162 Å². The lowest BCUT2D eigenvalue weighted by Crippen LogP contribution is -2.53.